The van der Waals surface area contributed by atoms with Gasteiger partial charge in [-0.25, -0.2) is 0 Å². The number of hydrogen-bond acceptors (Lipinski definition) is 4. The van der Waals surface area contributed by atoms with E-state index >= 15 is 0 Å². The quantitative estimate of drug-likeness (QED) is 0.709. The summed E-state index contributed by atoms with van der Waals surface area (Å²) in [5.74, 6) is 0.730. The number of nitrogens with one attached hydrogen (secondary N) is 1. The number of nitrogens with two attached hydrogens (primary N) is 1. The molecular formula is C15H22N2O3. The van der Waals surface area contributed by atoms with Crippen LogP contribution in [0.15, 0.2) is 24.3 Å². The van der Waals surface area contributed by atoms with Crippen LogP contribution in [0.5, 0.6) is 5.75 Å². The fourth-order valence-corrected chi connectivity index (χ4v) is 2.51. The van der Waals surface area contributed by atoms with Crippen molar-refractivity contribution >= 4 is 11.6 Å². The second-order valence-corrected chi connectivity index (χ2v) is 5.32. The highest BCUT2D eigenvalue weighted by atomic mass is 16.5. The third kappa shape index (κ3) is 4.42. The minimum Gasteiger partial charge on any atom is -0.482 e. The lowest BCUT2D eigenvalue weighted by molar-refractivity contribution is -0.123. The molecule has 4 N–H and O–H groups in total. The highest BCUT2D eigenvalue weighted by Gasteiger charge is 2.20. The maximum absolute atomic E-state index is 11.7. The van der Waals surface area contributed by atoms with E-state index in [1.165, 1.54) is 0 Å². The van der Waals surface area contributed by atoms with Crippen LogP contribution in [-0.4, -0.2) is 30.3 Å². The van der Waals surface area contributed by atoms with E-state index in [1.807, 2.05) is 12.1 Å². The summed E-state index contributed by atoms with van der Waals surface area (Å²) in [6.45, 7) is 0.563. The van der Waals surface area contributed by atoms with Crippen molar-refractivity contribution in [2.75, 3.05) is 18.9 Å². The van der Waals surface area contributed by atoms with Gasteiger partial charge in [0, 0.05) is 6.54 Å². The molecule has 1 aromatic carbocycles. The second kappa shape index (κ2) is 7.14. The number of rotatable bonds is 5. The molecule has 0 bridgehead atoms. The lowest BCUT2D eigenvalue weighted by atomic mass is 9.87. The predicted molar refractivity (Wildman–Crippen MR) is 77.3 cm³/mol. The topological polar surface area (TPSA) is 84.6 Å². The van der Waals surface area contributed by atoms with Crippen molar-refractivity contribution in [2.24, 2.45) is 5.92 Å². The summed E-state index contributed by atoms with van der Waals surface area (Å²) in [6, 6.07) is 7.10. The van der Waals surface area contributed by atoms with Crippen molar-refractivity contribution < 1.29 is 14.6 Å². The maximum Gasteiger partial charge on any atom is 0.257 e. The summed E-state index contributed by atoms with van der Waals surface area (Å²) in [6.07, 6.45) is 3.52. The van der Waals surface area contributed by atoms with Crippen molar-refractivity contribution in [1.82, 2.24) is 5.32 Å². The maximum atomic E-state index is 11.7. The van der Waals surface area contributed by atoms with Gasteiger partial charge in [-0.15, -0.1) is 0 Å². The fraction of sp³-hybridized carbons (Fsp3) is 0.533. The van der Waals surface area contributed by atoms with Crippen molar-refractivity contribution in [1.29, 1.82) is 0 Å². The van der Waals surface area contributed by atoms with E-state index in [4.69, 9.17) is 10.5 Å². The average Bonchev–Trinajstić information content (AvgIpc) is 2.44. The first-order chi connectivity index (χ1) is 9.65. The molecular weight excluding hydrogens is 256 g/mol. The van der Waals surface area contributed by atoms with Crippen molar-refractivity contribution in [2.45, 2.75) is 31.8 Å². The Morgan fingerprint density at radius 2 is 2.20 bits per heavy atom. The number of para-hydroxylation sites is 2. The first-order valence-electron chi connectivity index (χ1n) is 7.07. The number of ether oxygens (including phenoxy) is 1. The van der Waals surface area contributed by atoms with E-state index in [0.29, 0.717) is 23.9 Å². The SMILES string of the molecule is Nc1ccccc1OCC(=O)NCC1CCCC(O)C1. The zero-order valence-electron chi connectivity index (χ0n) is 11.5. The van der Waals surface area contributed by atoms with Crippen LogP contribution >= 0.6 is 0 Å². The molecule has 5 heteroatoms. The number of benzene rings is 1. The molecule has 20 heavy (non-hydrogen) atoms. The van der Waals surface area contributed by atoms with Crippen LogP contribution in [0.4, 0.5) is 5.69 Å². The molecule has 1 amide bonds. The number of nitrogen functional groups attached to an aromatic ring is 1. The molecule has 1 aromatic rings. The van der Waals surface area contributed by atoms with E-state index in [1.54, 1.807) is 12.1 Å². The van der Waals surface area contributed by atoms with E-state index in [9.17, 15) is 9.90 Å². The van der Waals surface area contributed by atoms with Gasteiger partial charge in [0.15, 0.2) is 6.61 Å². The van der Waals surface area contributed by atoms with Crippen LogP contribution in [0, 0.1) is 5.92 Å². The normalized spacial score (nSPS) is 22.2. The fourth-order valence-electron chi connectivity index (χ4n) is 2.51. The molecule has 0 radical (unpaired) electrons. The number of carbonyl (C=O) groups excluding carboxylic acids is 1. The van der Waals surface area contributed by atoms with Crippen LogP contribution < -0.4 is 15.8 Å². The Morgan fingerprint density at radius 3 is 2.95 bits per heavy atom. The highest BCUT2D eigenvalue weighted by Crippen LogP contribution is 2.23. The van der Waals surface area contributed by atoms with E-state index in [0.717, 1.165) is 25.7 Å². The number of anilines is 1. The summed E-state index contributed by atoms with van der Waals surface area (Å²) in [5, 5.41) is 12.4. The second-order valence-electron chi connectivity index (χ2n) is 5.32. The Balaban J connectivity index is 1.69. The summed E-state index contributed by atoms with van der Waals surface area (Å²) in [7, 11) is 0. The average molecular weight is 278 g/mol. The predicted octanol–water partition coefficient (Wildman–Crippen LogP) is 1.31. The van der Waals surface area contributed by atoms with Gasteiger partial charge in [0.1, 0.15) is 5.75 Å². The molecule has 1 aliphatic rings. The van der Waals surface area contributed by atoms with Crippen molar-refractivity contribution in [3.63, 3.8) is 0 Å². The molecule has 1 saturated carbocycles. The molecule has 1 fully saturated rings. The molecule has 0 heterocycles. The molecule has 1 aliphatic carbocycles. The van der Waals surface area contributed by atoms with Gasteiger partial charge in [-0.2, -0.15) is 0 Å². The number of aliphatic hydroxyl groups is 1. The van der Waals surface area contributed by atoms with E-state index in [-0.39, 0.29) is 18.6 Å². The lowest BCUT2D eigenvalue weighted by Crippen LogP contribution is -2.35. The molecule has 0 saturated heterocycles. The molecule has 5 nitrogen and oxygen atoms in total. The van der Waals surface area contributed by atoms with Crippen molar-refractivity contribution in [3.8, 4) is 5.75 Å². The van der Waals surface area contributed by atoms with Gasteiger partial charge in [-0.05, 0) is 37.3 Å². The highest BCUT2D eigenvalue weighted by molar-refractivity contribution is 5.77. The van der Waals surface area contributed by atoms with Gasteiger partial charge in [0.05, 0.1) is 11.8 Å². The Labute approximate surface area is 119 Å². The number of amides is 1. The van der Waals surface area contributed by atoms with Gasteiger partial charge >= 0.3 is 0 Å². The van der Waals surface area contributed by atoms with Crippen LogP contribution in [-0.2, 0) is 4.79 Å². The van der Waals surface area contributed by atoms with Gasteiger partial charge in [0.2, 0.25) is 0 Å². The summed E-state index contributed by atoms with van der Waals surface area (Å²) in [4.78, 5) is 11.7. The first kappa shape index (κ1) is 14.7. The summed E-state index contributed by atoms with van der Waals surface area (Å²) >= 11 is 0. The monoisotopic (exact) mass is 278 g/mol. The Kier molecular flexibility index (Phi) is 5.24. The van der Waals surface area contributed by atoms with Crippen LogP contribution in [0.1, 0.15) is 25.7 Å². The lowest BCUT2D eigenvalue weighted by Gasteiger charge is -2.25. The van der Waals surface area contributed by atoms with Crippen LogP contribution in [0.2, 0.25) is 0 Å². The van der Waals surface area contributed by atoms with Gasteiger partial charge in [-0.1, -0.05) is 18.6 Å². The molecule has 2 atom stereocenters. The van der Waals surface area contributed by atoms with Crippen LogP contribution in [0.3, 0.4) is 0 Å². The van der Waals surface area contributed by atoms with E-state index in [2.05, 4.69) is 5.32 Å². The third-order valence-corrected chi connectivity index (χ3v) is 3.62. The van der Waals surface area contributed by atoms with Gasteiger partial charge in [-0.3, -0.25) is 4.79 Å². The Morgan fingerprint density at radius 1 is 1.40 bits per heavy atom. The molecule has 2 rings (SSSR count). The summed E-state index contributed by atoms with van der Waals surface area (Å²) < 4.78 is 5.37. The molecule has 0 spiro atoms. The van der Waals surface area contributed by atoms with Gasteiger partial charge in [0.25, 0.3) is 5.91 Å². The van der Waals surface area contributed by atoms with Crippen molar-refractivity contribution in [3.05, 3.63) is 24.3 Å². The Bertz CT molecular complexity index is 450. The largest absolute Gasteiger partial charge is 0.482 e. The molecule has 2 unspecified atom stereocenters. The summed E-state index contributed by atoms with van der Waals surface area (Å²) in [5.41, 5.74) is 6.25. The molecule has 0 aromatic heterocycles. The standard InChI is InChI=1S/C15H22N2O3/c16-13-6-1-2-7-14(13)20-10-15(19)17-9-11-4-3-5-12(18)8-11/h1-2,6-7,11-12,18H,3-5,8-10,16H2,(H,17,19). The van der Waals surface area contributed by atoms with Gasteiger partial charge < -0.3 is 20.9 Å². The Hall–Kier alpha value is -1.75. The smallest absolute Gasteiger partial charge is 0.257 e. The number of carbonyl (C=O) groups is 1. The molecule has 0 aliphatic heterocycles. The first-order valence-corrected chi connectivity index (χ1v) is 7.07. The third-order valence-electron chi connectivity index (χ3n) is 3.62. The number of hydrogen-bond donors (Lipinski definition) is 3. The van der Waals surface area contributed by atoms with Crippen LogP contribution in [0.25, 0.3) is 0 Å². The zero-order chi connectivity index (χ0) is 14.4. The zero-order valence-corrected chi connectivity index (χ0v) is 11.5. The number of aliphatic hydroxyl groups excluding tert-OH is 1. The molecule has 110 valence electrons. The minimum absolute atomic E-state index is 0.0382. The van der Waals surface area contributed by atoms with E-state index < -0.39 is 0 Å². The minimum atomic E-state index is -0.217.